The predicted octanol–water partition coefficient (Wildman–Crippen LogP) is 6.48. The Balaban J connectivity index is 1.51. The maximum absolute atomic E-state index is 13.0. The van der Waals surface area contributed by atoms with Crippen LogP contribution in [0.1, 0.15) is 107 Å². The van der Waals surface area contributed by atoms with Gasteiger partial charge in [-0.25, -0.2) is 4.68 Å². The van der Waals surface area contributed by atoms with Crippen LogP contribution < -0.4 is 5.32 Å². The summed E-state index contributed by atoms with van der Waals surface area (Å²) in [7, 11) is 0. The number of anilines is 1. The number of aryl methyl sites for hydroxylation is 1. The topological polar surface area (TPSA) is 97.1 Å². The summed E-state index contributed by atoms with van der Waals surface area (Å²) in [6, 6.07) is 5.84. The van der Waals surface area contributed by atoms with E-state index < -0.39 is 5.97 Å². The van der Waals surface area contributed by atoms with Gasteiger partial charge in [-0.1, -0.05) is 43.7 Å². The minimum Gasteiger partial charge on any atom is -0.481 e. The second-order valence-corrected chi connectivity index (χ2v) is 12.1. The highest BCUT2D eigenvalue weighted by atomic mass is 35.5. The van der Waals surface area contributed by atoms with Crippen molar-refractivity contribution in [3.63, 3.8) is 0 Å². The fourth-order valence-electron chi connectivity index (χ4n) is 5.34. The van der Waals surface area contributed by atoms with E-state index in [0.29, 0.717) is 40.4 Å². The number of carbonyl (C=O) groups excluding carboxylic acids is 1. The third-order valence-corrected chi connectivity index (χ3v) is 7.42. The number of hydrogen-bond donors (Lipinski definition) is 2. The van der Waals surface area contributed by atoms with E-state index in [-0.39, 0.29) is 24.7 Å². The molecule has 0 saturated heterocycles. The van der Waals surface area contributed by atoms with Gasteiger partial charge in [0.15, 0.2) is 0 Å². The fourth-order valence-corrected chi connectivity index (χ4v) is 5.62. The molecule has 2 saturated carbocycles. The van der Waals surface area contributed by atoms with Crippen molar-refractivity contribution in [3.8, 4) is 0 Å². The monoisotopic (exact) mass is 500 g/mol. The number of halogens is 1. The quantitative estimate of drug-likeness (QED) is 0.389. The van der Waals surface area contributed by atoms with Crippen molar-refractivity contribution in [1.29, 1.82) is 0 Å². The van der Waals surface area contributed by atoms with Gasteiger partial charge < -0.3 is 10.4 Å². The van der Waals surface area contributed by atoms with Crippen LogP contribution in [0.2, 0.25) is 5.02 Å². The number of rotatable bonds is 10. The maximum atomic E-state index is 13.0. The lowest BCUT2D eigenvalue weighted by molar-refractivity contribution is -0.137. The molecule has 35 heavy (non-hydrogen) atoms. The van der Waals surface area contributed by atoms with E-state index in [2.05, 4.69) is 41.1 Å². The Bertz CT molecular complexity index is 1080. The number of aromatic nitrogens is 3. The highest BCUT2D eigenvalue weighted by Gasteiger charge is 2.40. The van der Waals surface area contributed by atoms with Crippen LogP contribution in [0.15, 0.2) is 18.2 Å². The molecule has 0 aliphatic heterocycles. The van der Waals surface area contributed by atoms with Crippen LogP contribution in [0.4, 0.5) is 5.69 Å². The molecule has 0 bridgehead atoms. The SMILES string of the molecule is Cc1ccc(NC(=O)C[C@H](CCC(=O)O)c2nnn(C3CC(CC(C)(C)C)C3)c2C2CC2)c(Cl)c1. The van der Waals surface area contributed by atoms with Crippen LogP contribution in [0.25, 0.3) is 0 Å². The third-order valence-electron chi connectivity index (χ3n) is 7.10. The van der Waals surface area contributed by atoms with E-state index >= 15 is 0 Å². The van der Waals surface area contributed by atoms with Crippen LogP contribution in [0.3, 0.4) is 0 Å². The first-order valence-corrected chi connectivity index (χ1v) is 13.1. The molecule has 0 radical (unpaired) electrons. The highest BCUT2D eigenvalue weighted by molar-refractivity contribution is 6.33. The molecule has 7 nitrogen and oxygen atoms in total. The minimum atomic E-state index is -0.874. The first kappa shape index (κ1) is 25.7. The number of aliphatic carboxylic acids is 1. The number of carbonyl (C=O) groups is 2. The number of nitrogens with one attached hydrogen (secondary N) is 1. The van der Waals surface area contributed by atoms with Crippen molar-refractivity contribution < 1.29 is 14.7 Å². The van der Waals surface area contributed by atoms with Crippen LogP contribution in [0.5, 0.6) is 0 Å². The lowest BCUT2D eigenvalue weighted by Gasteiger charge is -2.39. The molecular weight excluding hydrogens is 464 g/mol. The zero-order valence-corrected chi connectivity index (χ0v) is 21.9. The van der Waals surface area contributed by atoms with Gasteiger partial charge in [0.1, 0.15) is 0 Å². The summed E-state index contributed by atoms with van der Waals surface area (Å²) in [4.78, 5) is 24.4. The second-order valence-electron chi connectivity index (χ2n) is 11.7. The molecule has 8 heteroatoms. The molecule has 2 aromatic rings. The number of amides is 1. The van der Waals surface area contributed by atoms with Gasteiger partial charge in [-0.05, 0) is 74.5 Å². The lowest BCUT2D eigenvalue weighted by Crippen LogP contribution is -2.31. The lowest BCUT2D eigenvalue weighted by atomic mass is 9.71. The molecule has 0 spiro atoms. The molecule has 2 fully saturated rings. The minimum absolute atomic E-state index is 0.0166. The Hall–Kier alpha value is -2.41. The summed E-state index contributed by atoms with van der Waals surface area (Å²) in [5.74, 6) is -0.265. The Labute approximate surface area is 212 Å². The fraction of sp³-hybridized carbons (Fsp3) is 0.630. The van der Waals surface area contributed by atoms with E-state index in [1.165, 1.54) is 6.42 Å². The third kappa shape index (κ3) is 6.63. The zero-order chi connectivity index (χ0) is 25.3. The summed E-state index contributed by atoms with van der Waals surface area (Å²) >= 11 is 6.30. The average Bonchev–Trinajstić information content (AvgIpc) is 3.47. The molecule has 4 rings (SSSR count). The molecular formula is C27H37ClN4O3. The molecule has 1 heterocycles. The van der Waals surface area contributed by atoms with Gasteiger partial charge in [0.25, 0.3) is 0 Å². The number of carboxylic acid groups (broad SMARTS) is 1. The van der Waals surface area contributed by atoms with E-state index in [0.717, 1.165) is 42.6 Å². The molecule has 190 valence electrons. The van der Waals surface area contributed by atoms with Crippen molar-refractivity contribution in [3.05, 3.63) is 40.2 Å². The Morgan fingerprint density at radius 2 is 1.97 bits per heavy atom. The standard InChI is InChI=1S/C27H37ClN4O3/c1-16-5-9-22(21(28)11-16)29-23(33)14-19(8-10-24(34)35)25-26(18-6-7-18)32(31-30-25)20-12-17(13-20)15-27(2,3)4/h5,9,11,17-20H,6-8,10,12-15H2,1-4H3,(H,29,33)(H,34,35)/t17?,19-,20?/m0/s1. The molecule has 1 aromatic carbocycles. The van der Waals surface area contributed by atoms with E-state index in [9.17, 15) is 14.7 Å². The van der Waals surface area contributed by atoms with Gasteiger partial charge in [0, 0.05) is 24.7 Å². The second kappa shape index (κ2) is 10.3. The molecule has 2 aliphatic carbocycles. The largest absolute Gasteiger partial charge is 0.481 e. The number of carboxylic acids is 1. The molecule has 2 aliphatic rings. The Kier molecular flexibility index (Phi) is 7.55. The summed E-state index contributed by atoms with van der Waals surface area (Å²) in [5.41, 5.74) is 3.82. The smallest absolute Gasteiger partial charge is 0.303 e. The highest BCUT2D eigenvalue weighted by Crippen LogP contribution is 2.49. The van der Waals surface area contributed by atoms with Gasteiger partial charge in [0.2, 0.25) is 5.91 Å². The molecule has 1 atom stereocenters. The summed E-state index contributed by atoms with van der Waals surface area (Å²) < 4.78 is 2.11. The van der Waals surface area contributed by atoms with E-state index in [1.807, 2.05) is 13.0 Å². The molecule has 0 unspecified atom stereocenters. The van der Waals surface area contributed by atoms with Crippen molar-refractivity contribution >= 4 is 29.2 Å². The maximum Gasteiger partial charge on any atom is 0.303 e. The Morgan fingerprint density at radius 3 is 2.57 bits per heavy atom. The van der Waals surface area contributed by atoms with Crippen LogP contribution >= 0.6 is 11.6 Å². The Morgan fingerprint density at radius 1 is 1.26 bits per heavy atom. The van der Waals surface area contributed by atoms with Crippen molar-refractivity contribution in [2.45, 2.75) is 96.9 Å². The van der Waals surface area contributed by atoms with Crippen molar-refractivity contribution in [1.82, 2.24) is 15.0 Å². The number of nitrogens with zero attached hydrogens (tertiary/aromatic N) is 3. The summed E-state index contributed by atoms with van der Waals surface area (Å²) in [6.45, 7) is 8.79. The van der Waals surface area contributed by atoms with Crippen molar-refractivity contribution in [2.24, 2.45) is 11.3 Å². The van der Waals surface area contributed by atoms with Crippen molar-refractivity contribution in [2.75, 3.05) is 5.32 Å². The first-order valence-electron chi connectivity index (χ1n) is 12.7. The summed E-state index contributed by atoms with van der Waals surface area (Å²) in [5, 5.41) is 21.8. The average molecular weight is 501 g/mol. The molecule has 1 amide bonds. The first-order chi connectivity index (χ1) is 16.5. The number of benzene rings is 1. The van der Waals surface area contributed by atoms with Gasteiger partial charge in [-0.3, -0.25) is 9.59 Å². The zero-order valence-electron chi connectivity index (χ0n) is 21.2. The van der Waals surface area contributed by atoms with Gasteiger partial charge >= 0.3 is 5.97 Å². The predicted molar refractivity (Wildman–Crippen MR) is 137 cm³/mol. The van der Waals surface area contributed by atoms with Crippen LogP contribution in [-0.2, 0) is 9.59 Å². The van der Waals surface area contributed by atoms with Gasteiger partial charge in [-0.15, -0.1) is 5.10 Å². The van der Waals surface area contributed by atoms with Crippen LogP contribution in [-0.4, -0.2) is 32.0 Å². The molecule has 1 aromatic heterocycles. The normalized spacial score (nSPS) is 20.8. The van der Waals surface area contributed by atoms with Gasteiger partial charge in [-0.2, -0.15) is 0 Å². The molecule has 2 N–H and O–H groups in total. The van der Waals surface area contributed by atoms with Gasteiger partial charge in [0.05, 0.1) is 28.1 Å². The van der Waals surface area contributed by atoms with E-state index in [4.69, 9.17) is 11.6 Å². The van der Waals surface area contributed by atoms with E-state index in [1.54, 1.807) is 12.1 Å². The van der Waals surface area contributed by atoms with Crippen LogP contribution in [0, 0.1) is 18.3 Å². The number of hydrogen-bond acceptors (Lipinski definition) is 4. The summed E-state index contributed by atoms with van der Waals surface area (Å²) in [6.07, 6.45) is 6.07.